The van der Waals surface area contributed by atoms with Crippen LogP contribution in [0.1, 0.15) is 29.5 Å². The van der Waals surface area contributed by atoms with Crippen LogP contribution in [0.25, 0.3) is 0 Å². The topological polar surface area (TPSA) is 99.8 Å². The van der Waals surface area contributed by atoms with Crippen molar-refractivity contribution in [3.63, 3.8) is 0 Å². The molecule has 148 valence electrons. The van der Waals surface area contributed by atoms with Crippen molar-refractivity contribution in [2.24, 2.45) is 4.40 Å². The number of carbonyl (C=O) groups excluding carboxylic acids is 1. The molecule has 0 amide bonds. The Morgan fingerprint density at radius 2 is 2.10 bits per heavy atom. The highest BCUT2D eigenvalue weighted by atomic mass is 32.2. The lowest BCUT2D eigenvalue weighted by molar-refractivity contribution is -0.149. The Labute approximate surface area is 167 Å². The third-order valence-corrected chi connectivity index (χ3v) is 6.29. The normalized spacial score (nSPS) is 19.4. The van der Waals surface area contributed by atoms with E-state index in [1.807, 2.05) is 6.07 Å². The molecular weight excluding hydrogens is 397 g/mol. The first kappa shape index (κ1) is 19.1. The molecule has 2 heterocycles. The number of rotatable bonds is 3. The molecule has 0 radical (unpaired) electrons. The van der Waals surface area contributed by atoms with Crippen LogP contribution in [-0.2, 0) is 26.2 Å². The Kier molecular flexibility index (Phi) is 4.80. The number of fused-ring (bicyclic) bond motifs is 1. The van der Waals surface area contributed by atoms with Gasteiger partial charge in [0, 0.05) is 17.7 Å². The average molecular weight is 413 g/mol. The molecule has 1 fully saturated rings. The van der Waals surface area contributed by atoms with Crippen LogP contribution >= 0.6 is 0 Å². The van der Waals surface area contributed by atoms with Crippen molar-refractivity contribution in [1.29, 1.82) is 5.26 Å². The first-order chi connectivity index (χ1) is 13.9. The summed E-state index contributed by atoms with van der Waals surface area (Å²) in [5.74, 6) is -0.958. The molecule has 4 rings (SSSR count). The molecule has 1 saturated heterocycles. The number of likely N-dealkylation sites (tertiary alicyclic amines) is 1. The zero-order chi connectivity index (χ0) is 20.6. The van der Waals surface area contributed by atoms with Crippen LogP contribution in [0, 0.1) is 17.1 Å². The SMILES string of the molecule is N#Cc1ccc(COC(=O)C2CCCN2C2=NS(=O)(=O)c3ccccc32)c(F)c1. The maximum Gasteiger partial charge on any atom is 0.329 e. The zero-order valence-corrected chi connectivity index (χ0v) is 16.0. The molecule has 0 saturated carbocycles. The number of ether oxygens (including phenoxy) is 1. The number of nitriles is 1. The van der Waals surface area contributed by atoms with E-state index in [-0.39, 0.29) is 28.5 Å². The summed E-state index contributed by atoms with van der Waals surface area (Å²) in [6.45, 7) is 0.190. The van der Waals surface area contributed by atoms with Crippen molar-refractivity contribution in [3.05, 3.63) is 65.0 Å². The van der Waals surface area contributed by atoms with E-state index in [1.54, 1.807) is 23.1 Å². The van der Waals surface area contributed by atoms with Crippen LogP contribution in [0.5, 0.6) is 0 Å². The summed E-state index contributed by atoms with van der Waals surface area (Å²) in [5.41, 5.74) is 0.803. The van der Waals surface area contributed by atoms with Gasteiger partial charge in [-0.1, -0.05) is 18.2 Å². The number of carbonyl (C=O) groups is 1. The quantitative estimate of drug-likeness (QED) is 0.716. The molecule has 0 aromatic heterocycles. The van der Waals surface area contributed by atoms with Gasteiger partial charge in [-0.05, 0) is 37.1 Å². The maximum atomic E-state index is 14.0. The van der Waals surface area contributed by atoms with E-state index < -0.39 is 27.9 Å². The lowest BCUT2D eigenvalue weighted by Crippen LogP contribution is -2.41. The van der Waals surface area contributed by atoms with Crippen molar-refractivity contribution in [2.75, 3.05) is 6.54 Å². The van der Waals surface area contributed by atoms with Crippen LogP contribution in [0.3, 0.4) is 0 Å². The highest BCUT2D eigenvalue weighted by Crippen LogP contribution is 2.31. The van der Waals surface area contributed by atoms with Gasteiger partial charge in [-0.15, -0.1) is 4.40 Å². The lowest BCUT2D eigenvalue weighted by atomic mass is 10.1. The Hall–Kier alpha value is -3.25. The summed E-state index contributed by atoms with van der Waals surface area (Å²) in [7, 11) is -3.79. The summed E-state index contributed by atoms with van der Waals surface area (Å²) < 4.78 is 47.8. The second-order valence-electron chi connectivity index (χ2n) is 6.76. The molecule has 29 heavy (non-hydrogen) atoms. The molecule has 0 N–H and O–H groups in total. The summed E-state index contributed by atoms with van der Waals surface area (Å²) in [6.07, 6.45) is 1.15. The van der Waals surface area contributed by atoms with Crippen molar-refractivity contribution in [2.45, 2.75) is 30.4 Å². The Bertz CT molecular complexity index is 1170. The fourth-order valence-electron chi connectivity index (χ4n) is 3.54. The lowest BCUT2D eigenvalue weighted by Gasteiger charge is -2.25. The molecule has 0 spiro atoms. The van der Waals surface area contributed by atoms with Crippen LogP contribution in [0.2, 0.25) is 0 Å². The third kappa shape index (κ3) is 3.47. The number of benzene rings is 2. The number of sulfonamides is 1. The number of esters is 1. The summed E-state index contributed by atoms with van der Waals surface area (Å²) >= 11 is 0. The monoisotopic (exact) mass is 413 g/mol. The van der Waals surface area contributed by atoms with E-state index in [0.29, 0.717) is 24.9 Å². The van der Waals surface area contributed by atoms with Crippen molar-refractivity contribution >= 4 is 21.8 Å². The molecule has 2 aromatic rings. The van der Waals surface area contributed by atoms with Gasteiger partial charge in [0.2, 0.25) is 0 Å². The van der Waals surface area contributed by atoms with Gasteiger partial charge in [-0.25, -0.2) is 9.18 Å². The largest absolute Gasteiger partial charge is 0.459 e. The number of amidine groups is 1. The number of hydrogen-bond acceptors (Lipinski definition) is 6. The van der Waals surface area contributed by atoms with E-state index in [0.717, 1.165) is 6.07 Å². The van der Waals surface area contributed by atoms with Gasteiger partial charge in [0.15, 0.2) is 5.84 Å². The molecular formula is C20H16FN3O4S. The van der Waals surface area contributed by atoms with Gasteiger partial charge in [-0.3, -0.25) is 0 Å². The number of nitrogens with zero attached hydrogens (tertiary/aromatic N) is 3. The standard InChI is InChI=1S/C20H16FN3O4S/c21-16-10-13(11-22)7-8-14(16)12-28-20(25)17-5-3-9-24(17)19-15-4-1-2-6-18(15)29(26,27)23-19/h1-2,4,6-8,10,17H,3,5,9,12H2. The average Bonchev–Trinajstić information content (AvgIpc) is 3.30. The summed E-state index contributed by atoms with van der Waals surface area (Å²) in [6, 6.07) is 11.6. The van der Waals surface area contributed by atoms with Crippen molar-refractivity contribution in [3.8, 4) is 6.07 Å². The smallest absolute Gasteiger partial charge is 0.329 e. The number of halogens is 1. The summed E-state index contributed by atoms with van der Waals surface area (Å²) in [5, 5.41) is 8.79. The van der Waals surface area contributed by atoms with E-state index in [9.17, 15) is 17.6 Å². The molecule has 2 aliphatic rings. The molecule has 7 nitrogen and oxygen atoms in total. The first-order valence-corrected chi connectivity index (χ1v) is 10.4. The van der Waals surface area contributed by atoms with Crippen molar-refractivity contribution in [1.82, 2.24) is 4.90 Å². The second-order valence-corrected chi connectivity index (χ2v) is 8.34. The number of hydrogen-bond donors (Lipinski definition) is 0. The van der Waals surface area contributed by atoms with Crippen molar-refractivity contribution < 1.29 is 22.3 Å². The predicted molar refractivity (Wildman–Crippen MR) is 101 cm³/mol. The van der Waals surface area contributed by atoms with E-state index in [2.05, 4.69) is 4.40 Å². The van der Waals surface area contributed by atoms with Gasteiger partial charge in [0.1, 0.15) is 23.4 Å². The maximum absolute atomic E-state index is 14.0. The van der Waals surface area contributed by atoms with Gasteiger partial charge < -0.3 is 9.64 Å². The van der Waals surface area contributed by atoms with Crippen LogP contribution in [0.15, 0.2) is 51.8 Å². The minimum absolute atomic E-state index is 0.119. The van der Waals surface area contributed by atoms with E-state index in [4.69, 9.17) is 10.00 Å². The zero-order valence-electron chi connectivity index (χ0n) is 15.2. The molecule has 1 unspecified atom stereocenters. The highest BCUT2D eigenvalue weighted by Gasteiger charge is 2.39. The minimum atomic E-state index is -3.79. The third-order valence-electron chi connectivity index (χ3n) is 4.96. The van der Waals surface area contributed by atoms with Gasteiger partial charge in [0.25, 0.3) is 10.0 Å². The molecule has 1 atom stereocenters. The molecule has 2 aromatic carbocycles. The fourth-order valence-corrected chi connectivity index (χ4v) is 4.76. The minimum Gasteiger partial charge on any atom is -0.459 e. The molecule has 9 heteroatoms. The van der Waals surface area contributed by atoms with Crippen LogP contribution in [0.4, 0.5) is 4.39 Å². The Morgan fingerprint density at radius 3 is 2.86 bits per heavy atom. The predicted octanol–water partition coefficient (Wildman–Crippen LogP) is 2.35. The molecule has 0 bridgehead atoms. The molecule has 0 aliphatic carbocycles. The molecule has 2 aliphatic heterocycles. The highest BCUT2D eigenvalue weighted by molar-refractivity contribution is 7.90. The van der Waals surface area contributed by atoms with Crippen LogP contribution < -0.4 is 0 Å². The Balaban J connectivity index is 1.52. The Morgan fingerprint density at radius 1 is 1.31 bits per heavy atom. The second kappa shape index (κ2) is 7.29. The van der Waals surface area contributed by atoms with Gasteiger partial charge >= 0.3 is 5.97 Å². The first-order valence-electron chi connectivity index (χ1n) is 8.97. The van der Waals surface area contributed by atoms with E-state index >= 15 is 0 Å². The fraction of sp³-hybridized carbons (Fsp3) is 0.250. The van der Waals surface area contributed by atoms with Crippen LogP contribution in [-0.4, -0.2) is 37.7 Å². The van der Waals surface area contributed by atoms with Gasteiger partial charge in [0.05, 0.1) is 11.6 Å². The van der Waals surface area contributed by atoms with Gasteiger partial charge in [-0.2, -0.15) is 13.7 Å². The summed E-state index contributed by atoms with van der Waals surface area (Å²) in [4.78, 5) is 14.4. The van der Waals surface area contributed by atoms with E-state index in [1.165, 1.54) is 18.2 Å².